The second kappa shape index (κ2) is 3.98. The van der Waals surface area contributed by atoms with Gasteiger partial charge in [0.15, 0.2) is 0 Å². The Morgan fingerprint density at radius 2 is 2.14 bits per heavy atom. The van der Waals surface area contributed by atoms with Gasteiger partial charge in [0, 0.05) is 10.9 Å². The lowest BCUT2D eigenvalue weighted by Gasteiger charge is -2.05. The van der Waals surface area contributed by atoms with Crippen molar-refractivity contribution >= 4 is 22.7 Å². The van der Waals surface area contributed by atoms with E-state index in [2.05, 4.69) is 4.98 Å². The molecule has 2 rings (SSSR count). The van der Waals surface area contributed by atoms with Gasteiger partial charge in [-0.3, -0.25) is 0 Å². The van der Waals surface area contributed by atoms with Crippen molar-refractivity contribution in [3.63, 3.8) is 0 Å². The average Bonchev–Trinajstić information content (AvgIpc) is 2.27. The molecule has 1 heterocycles. The summed E-state index contributed by atoms with van der Waals surface area (Å²) >= 11 is 1.56. The number of hydrogen-bond donors (Lipinski definition) is 1. The summed E-state index contributed by atoms with van der Waals surface area (Å²) in [4.78, 5) is 4.47. The number of nitrogens with zero attached hydrogens (tertiary/aromatic N) is 1. The quantitative estimate of drug-likeness (QED) is 0.764. The molecular formula is C11H11NOS. The maximum absolute atomic E-state index is 9.16. The molecule has 0 unspecified atom stereocenters. The molecule has 0 aliphatic carbocycles. The molecular weight excluding hydrogens is 194 g/mol. The minimum Gasteiger partial charge on any atom is -0.392 e. The van der Waals surface area contributed by atoms with Crippen molar-refractivity contribution in [3.05, 3.63) is 35.9 Å². The molecule has 2 nitrogen and oxygen atoms in total. The summed E-state index contributed by atoms with van der Waals surface area (Å²) in [5, 5.41) is 11.1. The standard InChI is InChI=1S/C11H11NOS/c1-14-11-9(7-13)6-8-4-2-3-5-10(8)12-11/h2-6,13H,7H2,1H3. The van der Waals surface area contributed by atoms with Crippen molar-refractivity contribution in [1.82, 2.24) is 4.98 Å². The van der Waals surface area contributed by atoms with Crippen LogP contribution in [0, 0.1) is 0 Å². The zero-order valence-corrected chi connectivity index (χ0v) is 8.71. The third-order valence-corrected chi connectivity index (χ3v) is 2.87. The number of pyridine rings is 1. The van der Waals surface area contributed by atoms with E-state index in [1.54, 1.807) is 11.8 Å². The Bertz CT molecular complexity index is 413. The fourth-order valence-corrected chi connectivity index (χ4v) is 2.01. The van der Waals surface area contributed by atoms with Gasteiger partial charge in [0.2, 0.25) is 0 Å². The van der Waals surface area contributed by atoms with Crippen LogP contribution in [-0.4, -0.2) is 16.3 Å². The minimum absolute atomic E-state index is 0.0496. The van der Waals surface area contributed by atoms with Crippen LogP contribution in [-0.2, 0) is 6.61 Å². The van der Waals surface area contributed by atoms with Gasteiger partial charge >= 0.3 is 0 Å². The van der Waals surface area contributed by atoms with Gasteiger partial charge in [-0.05, 0) is 18.4 Å². The van der Waals surface area contributed by atoms with E-state index in [0.717, 1.165) is 21.5 Å². The van der Waals surface area contributed by atoms with E-state index in [4.69, 9.17) is 5.11 Å². The number of aromatic nitrogens is 1. The normalized spacial score (nSPS) is 10.7. The topological polar surface area (TPSA) is 33.1 Å². The van der Waals surface area contributed by atoms with Gasteiger partial charge in [0.05, 0.1) is 12.1 Å². The summed E-state index contributed by atoms with van der Waals surface area (Å²) in [6, 6.07) is 9.93. The monoisotopic (exact) mass is 205 g/mol. The number of aliphatic hydroxyl groups is 1. The number of hydrogen-bond acceptors (Lipinski definition) is 3. The molecule has 0 saturated carbocycles. The Morgan fingerprint density at radius 1 is 1.36 bits per heavy atom. The van der Waals surface area contributed by atoms with Gasteiger partial charge in [0.25, 0.3) is 0 Å². The smallest absolute Gasteiger partial charge is 0.102 e. The summed E-state index contributed by atoms with van der Waals surface area (Å²) < 4.78 is 0. The molecule has 0 aliphatic rings. The fraction of sp³-hybridized carbons (Fsp3) is 0.182. The van der Waals surface area contributed by atoms with Crippen LogP contribution >= 0.6 is 11.8 Å². The lowest BCUT2D eigenvalue weighted by molar-refractivity contribution is 0.278. The number of fused-ring (bicyclic) bond motifs is 1. The second-order valence-corrected chi connectivity index (χ2v) is 3.80. The van der Waals surface area contributed by atoms with E-state index in [0.29, 0.717) is 0 Å². The molecule has 0 spiro atoms. The number of benzene rings is 1. The van der Waals surface area contributed by atoms with E-state index < -0.39 is 0 Å². The first-order valence-electron chi connectivity index (χ1n) is 4.38. The van der Waals surface area contributed by atoms with E-state index in [1.165, 1.54) is 0 Å². The molecule has 0 amide bonds. The number of aliphatic hydroxyl groups excluding tert-OH is 1. The van der Waals surface area contributed by atoms with Crippen LogP contribution in [0.25, 0.3) is 10.9 Å². The van der Waals surface area contributed by atoms with E-state index in [-0.39, 0.29) is 6.61 Å². The van der Waals surface area contributed by atoms with Gasteiger partial charge in [-0.15, -0.1) is 11.8 Å². The highest BCUT2D eigenvalue weighted by molar-refractivity contribution is 7.98. The van der Waals surface area contributed by atoms with Crippen molar-refractivity contribution in [3.8, 4) is 0 Å². The minimum atomic E-state index is 0.0496. The molecule has 0 fully saturated rings. The maximum Gasteiger partial charge on any atom is 0.102 e. The molecule has 72 valence electrons. The Hall–Kier alpha value is -1.06. The third-order valence-electron chi connectivity index (χ3n) is 2.13. The summed E-state index contributed by atoms with van der Waals surface area (Å²) in [6.07, 6.45) is 1.97. The summed E-state index contributed by atoms with van der Waals surface area (Å²) in [5.74, 6) is 0. The van der Waals surface area contributed by atoms with E-state index in [9.17, 15) is 0 Å². The number of rotatable bonds is 2. The van der Waals surface area contributed by atoms with Crippen molar-refractivity contribution in [2.45, 2.75) is 11.6 Å². The van der Waals surface area contributed by atoms with Crippen molar-refractivity contribution < 1.29 is 5.11 Å². The number of para-hydroxylation sites is 1. The average molecular weight is 205 g/mol. The fourth-order valence-electron chi connectivity index (χ4n) is 1.43. The summed E-state index contributed by atoms with van der Waals surface area (Å²) in [7, 11) is 0. The Labute approximate surface area is 87.0 Å². The largest absolute Gasteiger partial charge is 0.392 e. The van der Waals surface area contributed by atoms with Crippen LogP contribution in [0.5, 0.6) is 0 Å². The highest BCUT2D eigenvalue weighted by atomic mass is 32.2. The lowest BCUT2D eigenvalue weighted by atomic mass is 10.2. The molecule has 1 aromatic carbocycles. The van der Waals surface area contributed by atoms with Crippen LogP contribution < -0.4 is 0 Å². The Balaban J connectivity index is 2.69. The van der Waals surface area contributed by atoms with Crippen LogP contribution in [0.3, 0.4) is 0 Å². The Morgan fingerprint density at radius 3 is 2.86 bits per heavy atom. The van der Waals surface area contributed by atoms with Gasteiger partial charge in [-0.25, -0.2) is 4.98 Å². The van der Waals surface area contributed by atoms with Gasteiger partial charge in [-0.2, -0.15) is 0 Å². The van der Waals surface area contributed by atoms with Crippen molar-refractivity contribution in [2.24, 2.45) is 0 Å². The predicted octanol–water partition coefficient (Wildman–Crippen LogP) is 2.45. The van der Waals surface area contributed by atoms with E-state index >= 15 is 0 Å². The molecule has 1 N–H and O–H groups in total. The highest BCUT2D eigenvalue weighted by Crippen LogP contribution is 2.22. The van der Waals surface area contributed by atoms with Crippen molar-refractivity contribution in [1.29, 1.82) is 0 Å². The lowest BCUT2D eigenvalue weighted by Crippen LogP contribution is -1.91. The summed E-state index contributed by atoms with van der Waals surface area (Å²) in [5.41, 5.74) is 1.88. The van der Waals surface area contributed by atoms with Crippen LogP contribution in [0.4, 0.5) is 0 Å². The predicted molar refractivity (Wildman–Crippen MR) is 59.4 cm³/mol. The molecule has 0 bridgehead atoms. The zero-order chi connectivity index (χ0) is 9.97. The van der Waals surface area contributed by atoms with Crippen LogP contribution in [0.1, 0.15) is 5.56 Å². The molecule has 14 heavy (non-hydrogen) atoms. The zero-order valence-electron chi connectivity index (χ0n) is 7.90. The van der Waals surface area contributed by atoms with Gasteiger partial charge in [-0.1, -0.05) is 18.2 Å². The van der Waals surface area contributed by atoms with Crippen LogP contribution in [0.15, 0.2) is 35.4 Å². The first-order chi connectivity index (χ1) is 6.85. The third kappa shape index (κ3) is 1.61. The SMILES string of the molecule is CSc1nc2ccccc2cc1CO. The Kier molecular flexibility index (Phi) is 2.70. The molecule has 3 heteroatoms. The molecule has 0 radical (unpaired) electrons. The highest BCUT2D eigenvalue weighted by Gasteiger charge is 2.03. The number of thioether (sulfide) groups is 1. The molecule has 0 atom stereocenters. The first kappa shape index (κ1) is 9.49. The molecule has 1 aromatic heterocycles. The molecule has 0 aliphatic heterocycles. The van der Waals surface area contributed by atoms with Gasteiger partial charge in [0.1, 0.15) is 5.03 Å². The second-order valence-electron chi connectivity index (χ2n) is 3.01. The first-order valence-corrected chi connectivity index (χ1v) is 5.61. The van der Waals surface area contributed by atoms with Gasteiger partial charge < -0.3 is 5.11 Å². The van der Waals surface area contributed by atoms with E-state index in [1.807, 2.05) is 36.6 Å². The van der Waals surface area contributed by atoms with Crippen molar-refractivity contribution in [2.75, 3.05) is 6.26 Å². The maximum atomic E-state index is 9.16. The molecule has 0 saturated heterocycles. The molecule has 2 aromatic rings. The summed E-state index contributed by atoms with van der Waals surface area (Å²) in [6.45, 7) is 0.0496. The van der Waals surface area contributed by atoms with Crippen LogP contribution in [0.2, 0.25) is 0 Å².